The lowest BCUT2D eigenvalue weighted by Gasteiger charge is -2.08. The predicted octanol–water partition coefficient (Wildman–Crippen LogP) is 5.22. The summed E-state index contributed by atoms with van der Waals surface area (Å²) in [4.78, 5) is 24.4. The van der Waals surface area contributed by atoms with Crippen molar-refractivity contribution in [2.75, 3.05) is 10.6 Å². The van der Waals surface area contributed by atoms with E-state index in [0.717, 1.165) is 11.1 Å². The molecule has 0 fully saturated rings. The zero-order valence-corrected chi connectivity index (χ0v) is 16.4. The second-order valence-corrected chi connectivity index (χ2v) is 6.85. The van der Waals surface area contributed by atoms with Crippen LogP contribution in [0.5, 0.6) is 0 Å². The van der Waals surface area contributed by atoms with Crippen LogP contribution in [0.25, 0.3) is 6.08 Å². The van der Waals surface area contributed by atoms with E-state index in [1.54, 1.807) is 30.3 Å². The molecule has 29 heavy (non-hydrogen) atoms. The molecule has 3 aromatic carbocycles. The first kappa shape index (κ1) is 20.1. The Morgan fingerprint density at radius 2 is 1.52 bits per heavy atom. The van der Waals surface area contributed by atoms with Crippen molar-refractivity contribution in [1.29, 1.82) is 0 Å². The van der Waals surface area contributed by atoms with E-state index >= 15 is 0 Å². The SMILES string of the molecule is Cc1ccc(/C=C/C(=O)Nc2cccc(NC(=O)CCc3ccccc3)c2)cc1. The lowest BCUT2D eigenvalue weighted by Crippen LogP contribution is -2.13. The van der Waals surface area contributed by atoms with E-state index in [2.05, 4.69) is 10.6 Å². The van der Waals surface area contributed by atoms with E-state index in [0.29, 0.717) is 24.2 Å². The summed E-state index contributed by atoms with van der Waals surface area (Å²) in [6.07, 6.45) is 4.35. The highest BCUT2D eigenvalue weighted by Gasteiger charge is 2.05. The highest BCUT2D eigenvalue weighted by Crippen LogP contribution is 2.16. The van der Waals surface area contributed by atoms with Crippen LogP contribution in [0.4, 0.5) is 11.4 Å². The van der Waals surface area contributed by atoms with E-state index < -0.39 is 0 Å². The van der Waals surface area contributed by atoms with Gasteiger partial charge in [0.15, 0.2) is 0 Å². The number of benzene rings is 3. The van der Waals surface area contributed by atoms with Gasteiger partial charge in [0.1, 0.15) is 0 Å². The number of rotatable bonds is 7. The maximum Gasteiger partial charge on any atom is 0.248 e. The Bertz CT molecular complexity index is 993. The number of aryl methyl sites for hydroxylation is 2. The van der Waals surface area contributed by atoms with Gasteiger partial charge in [-0.05, 0) is 48.7 Å². The molecule has 0 saturated carbocycles. The lowest BCUT2D eigenvalue weighted by molar-refractivity contribution is -0.116. The molecule has 0 aromatic heterocycles. The minimum absolute atomic E-state index is 0.0587. The highest BCUT2D eigenvalue weighted by molar-refractivity contribution is 6.02. The third kappa shape index (κ3) is 6.78. The maximum atomic E-state index is 12.2. The van der Waals surface area contributed by atoms with Gasteiger partial charge in [0.25, 0.3) is 0 Å². The molecule has 2 N–H and O–H groups in total. The summed E-state index contributed by atoms with van der Waals surface area (Å²) in [5.41, 5.74) is 4.55. The molecule has 0 bridgehead atoms. The molecule has 0 unspecified atom stereocenters. The van der Waals surface area contributed by atoms with Gasteiger partial charge in [-0.1, -0.05) is 66.2 Å². The summed E-state index contributed by atoms with van der Waals surface area (Å²) in [6, 6.07) is 25.0. The molecule has 3 aromatic rings. The smallest absolute Gasteiger partial charge is 0.248 e. The predicted molar refractivity (Wildman–Crippen MR) is 119 cm³/mol. The van der Waals surface area contributed by atoms with Crippen molar-refractivity contribution < 1.29 is 9.59 Å². The summed E-state index contributed by atoms with van der Waals surface area (Å²) in [5.74, 6) is -0.283. The Hall–Kier alpha value is -3.66. The van der Waals surface area contributed by atoms with Crippen molar-refractivity contribution in [1.82, 2.24) is 0 Å². The Labute approximate surface area is 171 Å². The first-order chi connectivity index (χ1) is 14.1. The van der Waals surface area contributed by atoms with E-state index in [1.165, 1.54) is 11.6 Å². The molecular formula is C25H24N2O2. The number of carbonyl (C=O) groups is 2. The van der Waals surface area contributed by atoms with Gasteiger partial charge in [-0.3, -0.25) is 9.59 Å². The Morgan fingerprint density at radius 1 is 0.828 bits per heavy atom. The topological polar surface area (TPSA) is 58.2 Å². The highest BCUT2D eigenvalue weighted by atomic mass is 16.2. The number of nitrogens with one attached hydrogen (secondary N) is 2. The van der Waals surface area contributed by atoms with E-state index in [4.69, 9.17) is 0 Å². The van der Waals surface area contributed by atoms with Crippen molar-refractivity contribution in [2.24, 2.45) is 0 Å². The van der Waals surface area contributed by atoms with Crippen molar-refractivity contribution >= 4 is 29.3 Å². The van der Waals surface area contributed by atoms with Gasteiger partial charge >= 0.3 is 0 Å². The molecule has 0 atom stereocenters. The average Bonchev–Trinajstić information content (AvgIpc) is 2.73. The third-order valence-electron chi connectivity index (χ3n) is 4.40. The summed E-state index contributed by atoms with van der Waals surface area (Å²) in [7, 11) is 0. The molecule has 4 heteroatoms. The van der Waals surface area contributed by atoms with Crippen LogP contribution in [-0.2, 0) is 16.0 Å². The normalized spacial score (nSPS) is 10.7. The van der Waals surface area contributed by atoms with Crippen molar-refractivity contribution in [2.45, 2.75) is 19.8 Å². The van der Waals surface area contributed by atoms with Gasteiger partial charge in [-0.2, -0.15) is 0 Å². The van der Waals surface area contributed by atoms with E-state index in [9.17, 15) is 9.59 Å². The molecule has 0 spiro atoms. The van der Waals surface area contributed by atoms with Gasteiger partial charge in [-0.15, -0.1) is 0 Å². The monoisotopic (exact) mass is 384 g/mol. The molecule has 0 aliphatic heterocycles. The Balaban J connectivity index is 1.52. The summed E-state index contributed by atoms with van der Waals surface area (Å²) < 4.78 is 0. The number of carbonyl (C=O) groups excluding carboxylic acids is 2. The van der Waals surface area contributed by atoms with Gasteiger partial charge in [0.2, 0.25) is 11.8 Å². The molecule has 2 amide bonds. The molecule has 4 nitrogen and oxygen atoms in total. The van der Waals surface area contributed by atoms with E-state index in [1.807, 2.05) is 61.5 Å². The molecule has 0 aliphatic carbocycles. The number of amides is 2. The third-order valence-corrected chi connectivity index (χ3v) is 4.40. The van der Waals surface area contributed by atoms with Crippen LogP contribution in [0.3, 0.4) is 0 Å². The van der Waals surface area contributed by atoms with Gasteiger partial charge < -0.3 is 10.6 Å². The second kappa shape index (κ2) is 10.0. The van der Waals surface area contributed by atoms with Crippen molar-refractivity contribution in [3.63, 3.8) is 0 Å². The van der Waals surface area contributed by atoms with Crippen molar-refractivity contribution in [3.05, 3.63) is 102 Å². The van der Waals surface area contributed by atoms with Gasteiger partial charge in [0.05, 0.1) is 0 Å². The maximum absolute atomic E-state index is 12.2. The first-order valence-corrected chi connectivity index (χ1v) is 9.58. The zero-order chi connectivity index (χ0) is 20.5. The molecule has 0 saturated heterocycles. The Kier molecular flexibility index (Phi) is 6.95. The van der Waals surface area contributed by atoms with Crippen LogP contribution < -0.4 is 10.6 Å². The van der Waals surface area contributed by atoms with E-state index in [-0.39, 0.29) is 11.8 Å². The fourth-order valence-electron chi connectivity index (χ4n) is 2.83. The van der Waals surface area contributed by atoms with Crippen LogP contribution in [0.15, 0.2) is 84.9 Å². The van der Waals surface area contributed by atoms with Crippen LogP contribution >= 0.6 is 0 Å². The number of hydrogen-bond donors (Lipinski definition) is 2. The summed E-state index contributed by atoms with van der Waals surface area (Å²) in [5, 5.41) is 5.70. The molecule has 146 valence electrons. The largest absolute Gasteiger partial charge is 0.326 e. The van der Waals surface area contributed by atoms with Crippen LogP contribution in [0, 0.1) is 6.92 Å². The fraction of sp³-hybridized carbons (Fsp3) is 0.120. The standard InChI is InChI=1S/C25H24N2O2/c1-19-10-12-21(13-11-19)15-17-25(29)27-23-9-5-8-22(18-23)26-24(28)16-14-20-6-3-2-4-7-20/h2-13,15,17-18H,14,16H2,1H3,(H,26,28)(H,27,29)/b17-15+. The van der Waals surface area contributed by atoms with Crippen molar-refractivity contribution in [3.8, 4) is 0 Å². The minimum atomic E-state index is -0.224. The van der Waals surface area contributed by atoms with Crippen LogP contribution in [-0.4, -0.2) is 11.8 Å². The average molecular weight is 384 g/mol. The molecular weight excluding hydrogens is 360 g/mol. The number of anilines is 2. The minimum Gasteiger partial charge on any atom is -0.326 e. The quantitative estimate of drug-likeness (QED) is 0.549. The number of hydrogen-bond acceptors (Lipinski definition) is 2. The lowest BCUT2D eigenvalue weighted by atomic mass is 10.1. The fourth-order valence-corrected chi connectivity index (χ4v) is 2.83. The van der Waals surface area contributed by atoms with Crippen LogP contribution in [0.2, 0.25) is 0 Å². The summed E-state index contributed by atoms with van der Waals surface area (Å²) >= 11 is 0. The summed E-state index contributed by atoms with van der Waals surface area (Å²) in [6.45, 7) is 2.02. The molecule has 0 aliphatic rings. The van der Waals surface area contributed by atoms with Gasteiger partial charge in [-0.25, -0.2) is 0 Å². The second-order valence-electron chi connectivity index (χ2n) is 6.85. The molecule has 0 radical (unpaired) electrons. The molecule has 3 rings (SSSR count). The molecule has 0 heterocycles. The van der Waals surface area contributed by atoms with Crippen LogP contribution in [0.1, 0.15) is 23.1 Å². The van der Waals surface area contributed by atoms with Gasteiger partial charge in [0, 0.05) is 23.9 Å². The zero-order valence-electron chi connectivity index (χ0n) is 16.4. The first-order valence-electron chi connectivity index (χ1n) is 9.58. The Morgan fingerprint density at radius 3 is 2.24 bits per heavy atom.